The Morgan fingerprint density at radius 3 is 2.37 bits per heavy atom. The van der Waals surface area contributed by atoms with E-state index in [2.05, 4.69) is 12.2 Å². The third kappa shape index (κ3) is 13.5. The fourth-order valence-corrected chi connectivity index (χ4v) is 6.35. The minimum absolute atomic E-state index is 0.0528. The molecule has 1 aliphatic rings. The van der Waals surface area contributed by atoms with Crippen molar-refractivity contribution in [2.75, 3.05) is 33.4 Å². The van der Waals surface area contributed by atoms with Crippen LogP contribution < -0.4 is 14.8 Å². The molecule has 260 valence electrons. The highest BCUT2D eigenvalue weighted by Crippen LogP contribution is 2.37. The normalized spacial score (nSPS) is 17.8. The number of nitrogens with one attached hydrogen (secondary N) is 1. The Balaban J connectivity index is 2.29. The summed E-state index contributed by atoms with van der Waals surface area (Å²) in [5.74, 6) is 0.164. The standard InChI is InChI=1S/C35H55IN2O8/c1-5-6-7-8-9-10-11-12-13-15-32(41)38(17-14-19-45-25(2)3)29-22-27(35(43)37-16-18-39)23-30(33(29)42)46-34-28(36)20-26(24-40)21-31(34)44-4/h20-21,23-25,29-30,33,39,42H,5-19,22H2,1-4H3,(H,37,43)/t29-,30+,33+/m1/s1. The first kappa shape index (κ1) is 40.0. The highest BCUT2D eigenvalue weighted by Gasteiger charge is 2.40. The zero-order valence-corrected chi connectivity index (χ0v) is 30.3. The topological polar surface area (TPSA) is 135 Å². The molecule has 0 unspecified atom stereocenters. The van der Waals surface area contributed by atoms with Crippen LogP contribution in [0.3, 0.4) is 0 Å². The fraction of sp³-hybridized carbons (Fsp3) is 0.686. The van der Waals surface area contributed by atoms with E-state index in [1.807, 2.05) is 36.4 Å². The molecular formula is C35H55IN2O8. The van der Waals surface area contributed by atoms with Crippen LogP contribution in [0.15, 0.2) is 23.8 Å². The Labute approximate surface area is 288 Å². The fourth-order valence-electron chi connectivity index (χ4n) is 5.60. The smallest absolute Gasteiger partial charge is 0.247 e. The minimum Gasteiger partial charge on any atom is -0.493 e. The van der Waals surface area contributed by atoms with Crippen LogP contribution in [0.25, 0.3) is 0 Å². The number of aliphatic hydroxyl groups is 2. The van der Waals surface area contributed by atoms with Crippen molar-refractivity contribution in [2.24, 2.45) is 0 Å². The van der Waals surface area contributed by atoms with Crippen LogP contribution in [0, 0.1) is 3.57 Å². The summed E-state index contributed by atoms with van der Waals surface area (Å²) in [7, 11) is 1.46. The van der Waals surface area contributed by atoms with Crippen molar-refractivity contribution >= 4 is 40.7 Å². The molecule has 0 saturated carbocycles. The minimum atomic E-state index is -1.15. The quantitative estimate of drug-likeness (QED) is 0.0748. The van der Waals surface area contributed by atoms with Crippen LogP contribution in [-0.4, -0.2) is 91.0 Å². The molecule has 46 heavy (non-hydrogen) atoms. The lowest BCUT2D eigenvalue weighted by atomic mass is 9.87. The van der Waals surface area contributed by atoms with Crippen molar-refractivity contribution in [3.05, 3.63) is 32.9 Å². The second-order valence-electron chi connectivity index (χ2n) is 12.1. The van der Waals surface area contributed by atoms with Gasteiger partial charge in [-0.1, -0.05) is 58.3 Å². The maximum atomic E-state index is 13.8. The van der Waals surface area contributed by atoms with Crippen molar-refractivity contribution in [1.82, 2.24) is 10.2 Å². The number of unbranched alkanes of at least 4 members (excludes halogenated alkanes) is 8. The van der Waals surface area contributed by atoms with Gasteiger partial charge in [-0.2, -0.15) is 0 Å². The lowest BCUT2D eigenvalue weighted by Gasteiger charge is -2.41. The molecular weight excluding hydrogens is 703 g/mol. The van der Waals surface area contributed by atoms with E-state index in [-0.39, 0.29) is 31.6 Å². The molecule has 0 radical (unpaired) electrons. The van der Waals surface area contributed by atoms with Gasteiger partial charge in [0.25, 0.3) is 0 Å². The van der Waals surface area contributed by atoms with Crippen LogP contribution in [0.5, 0.6) is 11.5 Å². The predicted molar refractivity (Wildman–Crippen MR) is 187 cm³/mol. The monoisotopic (exact) mass is 758 g/mol. The number of hydrogen-bond donors (Lipinski definition) is 3. The molecule has 0 aliphatic heterocycles. The van der Waals surface area contributed by atoms with Gasteiger partial charge < -0.3 is 34.6 Å². The third-order valence-electron chi connectivity index (χ3n) is 8.07. The first-order chi connectivity index (χ1) is 22.2. The Kier molecular flexibility index (Phi) is 19.4. The summed E-state index contributed by atoms with van der Waals surface area (Å²) in [6, 6.07) is 2.46. The third-order valence-corrected chi connectivity index (χ3v) is 8.87. The molecule has 0 saturated heterocycles. The summed E-state index contributed by atoms with van der Waals surface area (Å²) in [6.45, 7) is 6.80. The number of methoxy groups -OCH3 is 1. The van der Waals surface area contributed by atoms with Gasteiger partial charge in [0.05, 0.1) is 29.4 Å². The van der Waals surface area contributed by atoms with E-state index in [0.29, 0.717) is 58.5 Å². The molecule has 1 aromatic carbocycles. The van der Waals surface area contributed by atoms with Gasteiger partial charge in [-0.25, -0.2) is 0 Å². The van der Waals surface area contributed by atoms with Gasteiger partial charge in [-0.15, -0.1) is 0 Å². The zero-order valence-electron chi connectivity index (χ0n) is 28.1. The molecule has 0 bridgehead atoms. The summed E-state index contributed by atoms with van der Waals surface area (Å²) in [4.78, 5) is 40.1. The van der Waals surface area contributed by atoms with Crippen molar-refractivity contribution in [3.63, 3.8) is 0 Å². The SMILES string of the molecule is CCCCCCCCCCCC(=O)N(CCCOC(C)C)[C@@H]1CC(C(=O)NCCO)=C[C@H](Oc2c(I)cc(C=O)cc2OC)[C@H]1O. The summed E-state index contributed by atoms with van der Waals surface area (Å²) in [5, 5.41) is 23.7. The van der Waals surface area contributed by atoms with Gasteiger partial charge in [0, 0.05) is 43.7 Å². The molecule has 1 aromatic rings. The zero-order chi connectivity index (χ0) is 33.9. The molecule has 11 heteroatoms. The summed E-state index contributed by atoms with van der Waals surface area (Å²) in [6.07, 6.45) is 11.5. The molecule has 2 rings (SSSR count). The van der Waals surface area contributed by atoms with Crippen molar-refractivity contribution in [1.29, 1.82) is 0 Å². The van der Waals surface area contributed by atoms with Crippen molar-refractivity contribution in [2.45, 2.75) is 122 Å². The highest BCUT2D eigenvalue weighted by atomic mass is 127. The number of rotatable bonds is 23. The van der Waals surface area contributed by atoms with Gasteiger partial charge >= 0.3 is 0 Å². The second-order valence-corrected chi connectivity index (χ2v) is 13.3. The molecule has 1 aliphatic carbocycles. The lowest BCUT2D eigenvalue weighted by molar-refractivity contribution is -0.139. The molecule has 10 nitrogen and oxygen atoms in total. The Morgan fingerprint density at radius 2 is 1.76 bits per heavy atom. The molecule has 3 N–H and O–H groups in total. The molecule has 0 spiro atoms. The van der Waals surface area contributed by atoms with Crippen LogP contribution in [0.4, 0.5) is 0 Å². The van der Waals surface area contributed by atoms with Crippen molar-refractivity contribution < 1.29 is 38.8 Å². The predicted octanol–water partition coefficient (Wildman–Crippen LogP) is 5.59. The number of ether oxygens (including phenoxy) is 3. The van der Waals surface area contributed by atoms with Crippen LogP contribution in [0.1, 0.15) is 108 Å². The number of hydrogen-bond acceptors (Lipinski definition) is 8. The summed E-state index contributed by atoms with van der Waals surface area (Å²) >= 11 is 2.04. The Bertz CT molecular complexity index is 1110. The van der Waals surface area contributed by atoms with Gasteiger partial charge in [0.15, 0.2) is 11.5 Å². The summed E-state index contributed by atoms with van der Waals surface area (Å²) in [5.41, 5.74) is 0.763. The van der Waals surface area contributed by atoms with Crippen LogP contribution in [-0.2, 0) is 14.3 Å². The number of amides is 2. The van der Waals surface area contributed by atoms with Crippen molar-refractivity contribution in [3.8, 4) is 11.5 Å². The van der Waals surface area contributed by atoms with E-state index >= 15 is 0 Å². The Morgan fingerprint density at radius 1 is 1.09 bits per heavy atom. The van der Waals surface area contributed by atoms with E-state index in [1.165, 1.54) is 45.6 Å². The van der Waals surface area contributed by atoms with Crippen LogP contribution in [0.2, 0.25) is 0 Å². The highest BCUT2D eigenvalue weighted by molar-refractivity contribution is 14.1. The number of carbonyl (C=O) groups is 3. The van der Waals surface area contributed by atoms with E-state index in [9.17, 15) is 24.6 Å². The molecule has 0 heterocycles. The number of aldehydes is 1. The van der Waals surface area contributed by atoms with Gasteiger partial charge in [0.1, 0.15) is 18.5 Å². The van der Waals surface area contributed by atoms with E-state index < -0.39 is 24.2 Å². The van der Waals surface area contributed by atoms with Crippen LogP contribution >= 0.6 is 22.6 Å². The summed E-state index contributed by atoms with van der Waals surface area (Å²) < 4.78 is 18.1. The first-order valence-electron chi connectivity index (χ1n) is 16.8. The van der Waals surface area contributed by atoms with E-state index in [0.717, 1.165) is 19.3 Å². The molecule has 2 amide bonds. The molecule has 0 aromatic heterocycles. The average Bonchev–Trinajstić information content (AvgIpc) is 3.04. The lowest BCUT2D eigenvalue weighted by Crippen LogP contribution is -2.55. The molecule has 0 fully saturated rings. The number of nitrogens with zero attached hydrogens (tertiary/aromatic N) is 1. The number of benzene rings is 1. The maximum Gasteiger partial charge on any atom is 0.247 e. The number of aliphatic hydroxyl groups excluding tert-OH is 2. The van der Waals surface area contributed by atoms with E-state index in [1.54, 1.807) is 23.1 Å². The maximum absolute atomic E-state index is 13.8. The van der Waals surface area contributed by atoms with Gasteiger partial charge in [-0.05, 0) is 67.5 Å². The largest absolute Gasteiger partial charge is 0.493 e. The second kappa shape index (κ2) is 22.4. The van der Waals surface area contributed by atoms with Gasteiger partial charge in [-0.3, -0.25) is 14.4 Å². The number of carbonyl (C=O) groups excluding carboxylic acids is 3. The van der Waals surface area contributed by atoms with Gasteiger partial charge in [0.2, 0.25) is 11.8 Å². The molecule has 3 atom stereocenters. The average molecular weight is 759 g/mol. The van der Waals surface area contributed by atoms with E-state index in [4.69, 9.17) is 14.2 Å². The first-order valence-corrected chi connectivity index (χ1v) is 17.9. The number of halogens is 1. The Hall–Kier alpha value is -2.22.